The van der Waals surface area contributed by atoms with E-state index >= 15 is 0 Å². The van der Waals surface area contributed by atoms with E-state index in [0.29, 0.717) is 50.8 Å². The molecule has 3 heterocycles. The number of allylic oxidation sites excluding steroid dienone is 1. The van der Waals surface area contributed by atoms with Crippen molar-refractivity contribution in [3.05, 3.63) is 84.5 Å². The number of hydrogen-bond acceptors (Lipinski definition) is 8. The molecule has 1 aromatic heterocycles. The first-order chi connectivity index (χ1) is 19.9. The summed E-state index contributed by atoms with van der Waals surface area (Å²) in [6, 6.07) is 12.0. The molecule has 41 heavy (non-hydrogen) atoms. The fraction of sp³-hybridized carbons (Fsp3) is 0.355. The Balaban J connectivity index is 1.78. The van der Waals surface area contributed by atoms with Gasteiger partial charge in [0.05, 0.1) is 48.9 Å². The number of ether oxygens (including phenoxy) is 3. The van der Waals surface area contributed by atoms with Crippen LogP contribution in [0.2, 0.25) is 0 Å². The number of para-hydroxylation sites is 1. The van der Waals surface area contributed by atoms with Crippen LogP contribution < -0.4 is 29.3 Å². The molecule has 9 nitrogen and oxygen atoms in total. The number of esters is 1. The summed E-state index contributed by atoms with van der Waals surface area (Å²) in [5, 5.41) is 0. The largest absolute Gasteiger partial charge is 0.493 e. The normalized spacial score (nSPS) is 17.2. The molecule has 0 N–H and O–H groups in total. The molecular weight excluding hydrogens is 542 g/mol. The van der Waals surface area contributed by atoms with Gasteiger partial charge in [0, 0.05) is 12.1 Å². The number of hydrogen-bond donors (Lipinski definition) is 0. The number of unbranched alkanes of at least 4 members (excludes halogenated alkanes) is 1. The number of carbonyl (C=O) groups excluding carboxylic acids is 2. The molecule has 214 valence electrons. The number of carbonyl (C=O) groups is 2. The Morgan fingerprint density at radius 1 is 1.05 bits per heavy atom. The zero-order valence-electron chi connectivity index (χ0n) is 23.9. The number of anilines is 1. The highest BCUT2D eigenvalue weighted by Crippen LogP contribution is 2.37. The first-order valence-corrected chi connectivity index (χ1v) is 14.6. The van der Waals surface area contributed by atoms with E-state index in [-0.39, 0.29) is 18.1 Å². The average Bonchev–Trinajstić information content (AvgIpc) is 3.43. The van der Waals surface area contributed by atoms with Crippen LogP contribution in [-0.2, 0) is 14.3 Å². The average molecular weight is 576 g/mol. The Labute approximate surface area is 242 Å². The van der Waals surface area contributed by atoms with Crippen molar-refractivity contribution in [2.24, 2.45) is 4.99 Å². The van der Waals surface area contributed by atoms with Crippen molar-refractivity contribution in [1.82, 2.24) is 4.57 Å². The smallest absolute Gasteiger partial charge is 0.338 e. The van der Waals surface area contributed by atoms with E-state index in [2.05, 4.69) is 11.9 Å². The van der Waals surface area contributed by atoms with E-state index in [0.717, 1.165) is 35.4 Å². The number of amides is 1. The predicted octanol–water partition coefficient (Wildman–Crippen LogP) is 3.72. The van der Waals surface area contributed by atoms with Crippen molar-refractivity contribution >= 4 is 34.5 Å². The quantitative estimate of drug-likeness (QED) is 0.361. The number of methoxy groups -OCH3 is 1. The SMILES string of the molecule is CCCCN1C(=O)/C(=c2/sc3n(c2=O)[C@H](c2ccc(OC)c(OCC)c2)C(C(=O)OCC)=C(C)N=3)c2ccccc21. The van der Waals surface area contributed by atoms with Crippen molar-refractivity contribution in [3.8, 4) is 11.5 Å². The highest BCUT2D eigenvalue weighted by molar-refractivity contribution is 7.07. The van der Waals surface area contributed by atoms with Gasteiger partial charge in [0.15, 0.2) is 16.3 Å². The maximum Gasteiger partial charge on any atom is 0.338 e. The monoisotopic (exact) mass is 575 g/mol. The Kier molecular flexibility index (Phi) is 8.12. The fourth-order valence-electron chi connectivity index (χ4n) is 5.33. The molecule has 0 radical (unpaired) electrons. The van der Waals surface area contributed by atoms with E-state index in [1.165, 1.54) is 4.57 Å². The van der Waals surface area contributed by atoms with Crippen molar-refractivity contribution < 1.29 is 23.8 Å². The molecule has 3 aromatic rings. The lowest BCUT2D eigenvalue weighted by atomic mass is 9.95. The first kappa shape index (κ1) is 28.4. The number of rotatable bonds is 9. The third-order valence-corrected chi connectivity index (χ3v) is 8.23. The van der Waals surface area contributed by atoms with Crippen LogP contribution in [-0.4, -0.2) is 43.3 Å². The topological polar surface area (TPSA) is 99.4 Å². The van der Waals surface area contributed by atoms with Gasteiger partial charge < -0.3 is 19.1 Å². The van der Waals surface area contributed by atoms with Gasteiger partial charge in [-0.3, -0.25) is 14.2 Å². The van der Waals surface area contributed by atoms with Crippen molar-refractivity contribution in [1.29, 1.82) is 0 Å². The Morgan fingerprint density at radius 2 is 1.83 bits per heavy atom. The summed E-state index contributed by atoms with van der Waals surface area (Å²) in [4.78, 5) is 48.2. The van der Waals surface area contributed by atoms with Crippen molar-refractivity contribution in [2.45, 2.75) is 46.6 Å². The van der Waals surface area contributed by atoms with Gasteiger partial charge in [0.25, 0.3) is 11.5 Å². The number of benzene rings is 2. The van der Waals surface area contributed by atoms with E-state index in [4.69, 9.17) is 14.2 Å². The predicted molar refractivity (Wildman–Crippen MR) is 157 cm³/mol. The van der Waals surface area contributed by atoms with Crippen LogP contribution in [0.25, 0.3) is 5.57 Å². The lowest BCUT2D eigenvalue weighted by molar-refractivity contribution is -0.139. The van der Waals surface area contributed by atoms with Crippen LogP contribution in [0.1, 0.15) is 57.7 Å². The molecule has 2 aromatic carbocycles. The molecule has 10 heteroatoms. The molecular formula is C31H33N3O6S. The number of nitrogens with zero attached hydrogens (tertiary/aromatic N) is 3. The van der Waals surface area contributed by atoms with Gasteiger partial charge in [-0.05, 0) is 51.0 Å². The molecule has 0 spiro atoms. The molecule has 2 aliphatic heterocycles. The van der Waals surface area contributed by atoms with Crippen LogP contribution in [0.5, 0.6) is 11.5 Å². The molecule has 0 fully saturated rings. The second-order valence-electron chi connectivity index (χ2n) is 9.67. The summed E-state index contributed by atoms with van der Waals surface area (Å²) in [6.45, 7) is 8.54. The van der Waals surface area contributed by atoms with Gasteiger partial charge in [-0.1, -0.05) is 48.9 Å². The summed E-state index contributed by atoms with van der Waals surface area (Å²) in [5.74, 6) is 0.259. The summed E-state index contributed by atoms with van der Waals surface area (Å²) >= 11 is 1.16. The first-order valence-electron chi connectivity index (χ1n) is 13.8. The summed E-state index contributed by atoms with van der Waals surface area (Å²) in [5.41, 5.74) is 2.82. The van der Waals surface area contributed by atoms with Crippen LogP contribution in [0.4, 0.5) is 5.69 Å². The van der Waals surface area contributed by atoms with Gasteiger partial charge in [-0.25, -0.2) is 9.79 Å². The molecule has 0 saturated carbocycles. The number of aromatic nitrogens is 1. The van der Waals surface area contributed by atoms with Crippen LogP contribution in [0, 0.1) is 0 Å². The second kappa shape index (κ2) is 11.7. The van der Waals surface area contributed by atoms with E-state index in [1.54, 1.807) is 44.1 Å². The summed E-state index contributed by atoms with van der Waals surface area (Å²) in [7, 11) is 1.55. The van der Waals surface area contributed by atoms with E-state index in [9.17, 15) is 14.4 Å². The molecule has 0 unspecified atom stereocenters. The van der Waals surface area contributed by atoms with E-state index < -0.39 is 17.6 Å². The standard InChI is InChI=1S/C31H33N3O6S/c1-6-9-16-33-21-13-11-10-12-20(21)25(28(33)35)27-29(36)34-26(19-14-15-22(38-5)23(17-19)39-7-2)24(30(37)40-8-3)18(4)32-31(34)41-27/h10-15,17,26H,6-9,16H2,1-5H3/b27-25+/t26-/m1/s1. The molecule has 1 atom stereocenters. The van der Waals surface area contributed by atoms with Gasteiger partial charge >= 0.3 is 5.97 Å². The van der Waals surface area contributed by atoms with Crippen LogP contribution in [0.3, 0.4) is 0 Å². The third kappa shape index (κ3) is 4.86. The van der Waals surface area contributed by atoms with Crippen LogP contribution >= 0.6 is 11.3 Å². The zero-order chi connectivity index (χ0) is 29.3. The number of thiazole rings is 1. The third-order valence-electron chi connectivity index (χ3n) is 7.18. The molecule has 0 saturated heterocycles. The molecule has 5 rings (SSSR count). The van der Waals surface area contributed by atoms with Crippen LogP contribution in [0.15, 0.2) is 63.5 Å². The van der Waals surface area contributed by atoms with E-state index in [1.807, 2.05) is 31.2 Å². The highest BCUT2D eigenvalue weighted by Gasteiger charge is 2.37. The van der Waals surface area contributed by atoms with Crippen molar-refractivity contribution in [3.63, 3.8) is 0 Å². The fourth-order valence-corrected chi connectivity index (χ4v) is 6.46. The highest BCUT2D eigenvalue weighted by atomic mass is 32.1. The van der Waals surface area contributed by atoms with Gasteiger partial charge in [-0.2, -0.15) is 0 Å². The van der Waals surface area contributed by atoms with Gasteiger partial charge in [0.2, 0.25) is 0 Å². The lowest BCUT2D eigenvalue weighted by Crippen LogP contribution is -2.41. The lowest BCUT2D eigenvalue weighted by Gasteiger charge is -2.25. The maximum absolute atomic E-state index is 14.3. The Morgan fingerprint density at radius 3 is 2.54 bits per heavy atom. The minimum absolute atomic E-state index is 0.169. The minimum Gasteiger partial charge on any atom is -0.493 e. The molecule has 2 aliphatic rings. The molecule has 0 bridgehead atoms. The molecule has 1 amide bonds. The minimum atomic E-state index is -0.840. The summed E-state index contributed by atoms with van der Waals surface area (Å²) in [6.07, 6.45) is 1.78. The van der Waals surface area contributed by atoms with Gasteiger partial charge in [0.1, 0.15) is 4.53 Å². The second-order valence-corrected chi connectivity index (χ2v) is 10.6. The number of fused-ring (bicyclic) bond motifs is 2. The maximum atomic E-state index is 14.3. The molecule has 0 aliphatic carbocycles. The van der Waals surface area contributed by atoms with Gasteiger partial charge in [-0.15, -0.1) is 0 Å². The summed E-state index contributed by atoms with van der Waals surface area (Å²) < 4.78 is 18.5. The Hall–Kier alpha value is -4.18. The Bertz CT molecular complexity index is 1730. The zero-order valence-corrected chi connectivity index (χ0v) is 24.7. The van der Waals surface area contributed by atoms with Crippen molar-refractivity contribution in [2.75, 3.05) is 31.8 Å².